The van der Waals surface area contributed by atoms with E-state index in [0.29, 0.717) is 24.0 Å². The lowest BCUT2D eigenvalue weighted by Crippen LogP contribution is -2.17. The third-order valence-corrected chi connectivity index (χ3v) is 4.49. The van der Waals surface area contributed by atoms with Crippen LogP contribution in [0.25, 0.3) is 0 Å². The third-order valence-electron chi connectivity index (χ3n) is 2.23. The summed E-state index contributed by atoms with van der Waals surface area (Å²) in [5.41, 5.74) is 2.71. The van der Waals surface area contributed by atoms with Crippen LogP contribution in [0.5, 0.6) is 0 Å². The molecule has 19 heavy (non-hydrogen) atoms. The highest BCUT2D eigenvalue weighted by atomic mass is 35.5. The van der Waals surface area contributed by atoms with Gasteiger partial charge in [0.1, 0.15) is 5.51 Å². The Morgan fingerprint density at radius 3 is 2.84 bits per heavy atom. The average Bonchev–Trinajstić information content (AvgIpc) is 2.92. The highest BCUT2D eigenvalue weighted by Gasteiger charge is 2.07. The Morgan fingerprint density at radius 2 is 2.16 bits per heavy atom. The van der Waals surface area contributed by atoms with E-state index in [2.05, 4.69) is 10.2 Å². The van der Waals surface area contributed by atoms with Gasteiger partial charge in [0.15, 0.2) is 4.34 Å². The summed E-state index contributed by atoms with van der Waals surface area (Å²) in [5.74, 6) is 0.551. The summed E-state index contributed by atoms with van der Waals surface area (Å²) < 4.78 is 6.31. The fourth-order valence-electron chi connectivity index (χ4n) is 1.33. The summed E-state index contributed by atoms with van der Waals surface area (Å²) in [7, 11) is 0. The normalized spacial score (nSPS) is 12.5. The Hall–Kier alpha value is -0.660. The van der Waals surface area contributed by atoms with E-state index >= 15 is 0 Å². The molecular weight excluding hydrogens is 304 g/mol. The Balaban J connectivity index is 1.63. The van der Waals surface area contributed by atoms with E-state index in [1.54, 1.807) is 5.51 Å². The highest BCUT2D eigenvalue weighted by Crippen LogP contribution is 2.19. The fourth-order valence-corrected chi connectivity index (χ4v) is 2.88. The van der Waals surface area contributed by atoms with Crippen LogP contribution in [0.4, 0.5) is 0 Å². The van der Waals surface area contributed by atoms with Crippen molar-refractivity contribution >= 4 is 34.7 Å². The predicted molar refractivity (Wildman–Crippen MR) is 77.7 cm³/mol. The number of hydrogen-bond donors (Lipinski definition) is 1. The molecule has 2 rings (SSSR count). The van der Waals surface area contributed by atoms with Crippen molar-refractivity contribution in [1.29, 1.82) is 0 Å². The SMILES string of the molecule is O[C@H](COCc1ccc(Cl)cc1)CSc1nncs1. The van der Waals surface area contributed by atoms with E-state index in [4.69, 9.17) is 16.3 Å². The lowest BCUT2D eigenvalue weighted by molar-refractivity contribution is 0.0398. The maximum Gasteiger partial charge on any atom is 0.174 e. The molecule has 1 heterocycles. The Bertz CT molecular complexity index is 479. The second-order valence-corrected chi connectivity index (χ2v) is 6.35. The summed E-state index contributed by atoms with van der Waals surface area (Å²) in [6, 6.07) is 7.46. The largest absolute Gasteiger partial charge is 0.390 e. The first-order valence-electron chi connectivity index (χ1n) is 5.63. The van der Waals surface area contributed by atoms with Gasteiger partial charge in [-0.15, -0.1) is 10.2 Å². The van der Waals surface area contributed by atoms with E-state index in [1.807, 2.05) is 24.3 Å². The number of benzene rings is 1. The number of aromatic nitrogens is 2. The summed E-state index contributed by atoms with van der Waals surface area (Å²) in [5, 5.41) is 18.1. The summed E-state index contributed by atoms with van der Waals surface area (Å²) in [6.07, 6.45) is -0.513. The van der Waals surface area contributed by atoms with Crippen LogP contribution in [-0.2, 0) is 11.3 Å². The molecule has 0 spiro atoms. The van der Waals surface area contributed by atoms with E-state index in [9.17, 15) is 5.11 Å². The number of hydrogen-bond acceptors (Lipinski definition) is 6. The second-order valence-electron chi connectivity index (χ2n) is 3.81. The molecule has 0 unspecified atom stereocenters. The van der Waals surface area contributed by atoms with Crippen LogP contribution >= 0.6 is 34.7 Å². The minimum absolute atomic E-state index is 0.300. The molecule has 0 saturated heterocycles. The fraction of sp³-hybridized carbons (Fsp3) is 0.333. The molecule has 1 aromatic carbocycles. The molecule has 0 aliphatic carbocycles. The summed E-state index contributed by atoms with van der Waals surface area (Å²) >= 11 is 8.74. The maximum atomic E-state index is 9.76. The number of aliphatic hydroxyl groups is 1. The van der Waals surface area contributed by atoms with Gasteiger partial charge in [0.2, 0.25) is 0 Å². The van der Waals surface area contributed by atoms with Crippen molar-refractivity contribution in [3.05, 3.63) is 40.4 Å². The Morgan fingerprint density at radius 1 is 1.37 bits per heavy atom. The number of ether oxygens (including phenoxy) is 1. The molecule has 0 fully saturated rings. The monoisotopic (exact) mass is 316 g/mol. The number of aliphatic hydroxyl groups excluding tert-OH is 1. The molecular formula is C12H13ClN2O2S2. The molecule has 0 aliphatic heterocycles. The van der Waals surface area contributed by atoms with Crippen molar-refractivity contribution in [3.63, 3.8) is 0 Å². The van der Waals surface area contributed by atoms with Crippen LogP contribution in [0.3, 0.4) is 0 Å². The molecule has 0 aliphatic rings. The first kappa shape index (κ1) is 14.7. The quantitative estimate of drug-likeness (QED) is 0.796. The molecule has 1 N–H and O–H groups in total. The molecule has 0 amide bonds. The second kappa shape index (κ2) is 7.81. The molecule has 7 heteroatoms. The van der Waals surface area contributed by atoms with Gasteiger partial charge in [-0.2, -0.15) is 0 Å². The molecule has 0 bridgehead atoms. The molecule has 0 saturated carbocycles. The molecule has 0 radical (unpaired) electrons. The van der Waals surface area contributed by atoms with Crippen molar-refractivity contribution in [1.82, 2.24) is 10.2 Å². The van der Waals surface area contributed by atoms with E-state index in [0.717, 1.165) is 9.90 Å². The summed E-state index contributed by atoms with van der Waals surface area (Å²) in [4.78, 5) is 0. The maximum absolute atomic E-state index is 9.76. The standard InChI is InChI=1S/C12H13ClN2O2S2/c13-10-3-1-9(2-4-10)5-17-6-11(16)7-18-12-15-14-8-19-12/h1-4,8,11,16H,5-7H2/t11-/m1/s1. The van der Waals surface area contributed by atoms with Crippen LogP contribution in [0.2, 0.25) is 5.02 Å². The van der Waals surface area contributed by atoms with Gasteiger partial charge in [0, 0.05) is 10.8 Å². The van der Waals surface area contributed by atoms with Crippen LogP contribution in [-0.4, -0.2) is 33.8 Å². The van der Waals surface area contributed by atoms with Crippen molar-refractivity contribution in [3.8, 4) is 0 Å². The zero-order valence-electron chi connectivity index (χ0n) is 10.0. The average molecular weight is 317 g/mol. The smallest absolute Gasteiger partial charge is 0.174 e. The van der Waals surface area contributed by atoms with Gasteiger partial charge in [-0.05, 0) is 17.7 Å². The van der Waals surface area contributed by atoms with E-state index < -0.39 is 6.10 Å². The predicted octanol–water partition coefficient (Wildman–Crippen LogP) is 2.86. The van der Waals surface area contributed by atoms with Crippen LogP contribution in [0, 0.1) is 0 Å². The zero-order chi connectivity index (χ0) is 13.5. The Kier molecular flexibility index (Phi) is 6.06. The lowest BCUT2D eigenvalue weighted by atomic mass is 10.2. The van der Waals surface area contributed by atoms with Gasteiger partial charge < -0.3 is 9.84 Å². The first-order chi connectivity index (χ1) is 9.24. The van der Waals surface area contributed by atoms with Gasteiger partial charge in [-0.3, -0.25) is 0 Å². The third kappa shape index (κ3) is 5.46. The number of halogens is 1. The number of nitrogens with zero attached hydrogens (tertiary/aromatic N) is 2. The minimum Gasteiger partial charge on any atom is -0.390 e. The highest BCUT2D eigenvalue weighted by molar-refractivity contribution is 8.01. The zero-order valence-corrected chi connectivity index (χ0v) is 12.4. The van der Waals surface area contributed by atoms with Gasteiger partial charge in [0.25, 0.3) is 0 Å². The van der Waals surface area contributed by atoms with Gasteiger partial charge in [0.05, 0.1) is 19.3 Å². The van der Waals surface area contributed by atoms with Gasteiger partial charge in [-0.25, -0.2) is 0 Å². The van der Waals surface area contributed by atoms with Gasteiger partial charge >= 0.3 is 0 Å². The first-order valence-corrected chi connectivity index (χ1v) is 7.87. The van der Waals surface area contributed by atoms with E-state index in [-0.39, 0.29) is 0 Å². The lowest BCUT2D eigenvalue weighted by Gasteiger charge is -2.10. The van der Waals surface area contributed by atoms with Gasteiger partial charge in [-0.1, -0.05) is 46.8 Å². The topological polar surface area (TPSA) is 55.2 Å². The van der Waals surface area contributed by atoms with Crippen molar-refractivity contribution < 1.29 is 9.84 Å². The van der Waals surface area contributed by atoms with Crippen molar-refractivity contribution in [2.75, 3.05) is 12.4 Å². The number of thioether (sulfide) groups is 1. The molecule has 4 nitrogen and oxygen atoms in total. The number of rotatable bonds is 7. The summed E-state index contributed by atoms with van der Waals surface area (Å²) in [6.45, 7) is 0.770. The van der Waals surface area contributed by atoms with Crippen molar-refractivity contribution in [2.45, 2.75) is 17.1 Å². The minimum atomic E-state index is -0.513. The van der Waals surface area contributed by atoms with Crippen LogP contribution < -0.4 is 0 Å². The molecule has 102 valence electrons. The Labute approximate surface area is 124 Å². The van der Waals surface area contributed by atoms with Crippen LogP contribution in [0.1, 0.15) is 5.56 Å². The van der Waals surface area contributed by atoms with E-state index in [1.165, 1.54) is 23.1 Å². The van der Waals surface area contributed by atoms with Crippen LogP contribution in [0.15, 0.2) is 34.1 Å². The molecule has 1 aromatic heterocycles. The molecule has 2 aromatic rings. The molecule has 1 atom stereocenters. The van der Waals surface area contributed by atoms with Crippen molar-refractivity contribution in [2.24, 2.45) is 0 Å².